The maximum absolute atomic E-state index is 11.4. The summed E-state index contributed by atoms with van der Waals surface area (Å²) in [7, 11) is 0. The standard InChI is InChI=1S/C24H26N2O3/c27-23(22-21(17-5-6-17)12-11-20-13-25-14-26(20)22)18-7-1-15(2-8-18)16-3-9-19(10-4-16)24(28)29/h3-4,9-15,17-18,23,27H,1-2,5-8H2,(H,28,29)/t15?,18?,23-/m0/s1. The molecule has 2 fully saturated rings. The Balaban J connectivity index is 1.33. The van der Waals surface area contributed by atoms with Crippen LogP contribution in [0.2, 0.25) is 0 Å². The lowest BCUT2D eigenvalue weighted by molar-refractivity contribution is 0.0696. The van der Waals surface area contributed by atoms with Gasteiger partial charge in [0.05, 0.1) is 35.4 Å². The first-order valence-corrected chi connectivity index (χ1v) is 10.6. The highest BCUT2D eigenvalue weighted by atomic mass is 16.4. The van der Waals surface area contributed by atoms with E-state index in [9.17, 15) is 9.90 Å². The number of carboxylic acids is 1. The molecule has 0 aliphatic heterocycles. The SMILES string of the molecule is O=C(O)c1ccc(C2CCC([C@H](O)c3c(C4CC4)ccc4cncn34)CC2)cc1. The second-order valence-electron chi connectivity index (χ2n) is 8.62. The topological polar surface area (TPSA) is 74.8 Å². The predicted molar refractivity (Wildman–Crippen MR) is 110 cm³/mol. The van der Waals surface area contributed by atoms with Crippen molar-refractivity contribution in [3.05, 3.63) is 71.3 Å². The molecule has 1 aromatic carbocycles. The number of aliphatic hydroxyl groups is 1. The van der Waals surface area contributed by atoms with Crippen LogP contribution in [0.4, 0.5) is 0 Å². The van der Waals surface area contributed by atoms with Gasteiger partial charge >= 0.3 is 5.97 Å². The molecule has 2 aromatic heterocycles. The van der Waals surface area contributed by atoms with Crippen molar-refractivity contribution in [2.45, 2.75) is 56.5 Å². The zero-order chi connectivity index (χ0) is 20.0. The van der Waals surface area contributed by atoms with Crippen LogP contribution in [0, 0.1) is 5.92 Å². The minimum atomic E-state index is -0.886. The zero-order valence-electron chi connectivity index (χ0n) is 16.4. The third-order valence-corrected chi connectivity index (χ3v) is 6.80. The first-order chi connectivity index (χ1) is 14.1. The molecule has 2 aliphatic rings. The van der Waals surface area contributed by atoms with Crippen LogP contribution in [0.15, 0.2) is 48.9 Å². The zero-order valence-corrected chi connectivity index (χ0v) is 16.4. The Hall–Kier alpha value is -2.66. The molecular weight excluding hydrogens is 364 g/mol. The Labute approximate surface area is 170 Å². The molecule has 1 atom stereocenters. The van der Waals surface area contributed by atoms with Crippen molar-refractivity contribution >= 4 is 11.5 Å². The summed E-state index contributed by atoms with van der Waals surface area (Å²) in [4.78, 5) is 15.4. The first kappa shape index (κ1) is 18.4. The van der Waals surface area contributed by atoms with E-state index < -0.39 is 12.1 Å². The van der Waals surface area contributed by atoms with Gasteiger partial charge in [0, 0.05) is 0 Å². The highest BCUT2D eigenvalue weighted by Gasteiger charge is 2.34. The summed E-state index contributed by atoms with van der Waals surface area (Å²) in [5.74, 6) is 0.377. The van der Waals surface area contributed by atoms with Crippen molar-refractivity contribution in [3.8, 4) is 0 Å². The van der Waals surface area contributed by atoms with Crippen molar-refractivity contribution in [1.29, 1.82) is 0 Å². The number of imidazole rings is 1. The van der Waals surface area contributed by atoms with Crippen LogP contribution in [-0.2, 0) is 0 Å². The highest BCUT2D eigenvalue weighted by molar-refractivity contribution is 5.87. The number of nitrogens with zero attached hydrogens (tertiary/aromatic N) is 2. The molecule has 2 saturated carbocycles. The van der Waals surface area contributed by atoms with Gasteiger partial charge in [-0.25, -0.2) is 9.78 Å². The molecule has 150 valence electrons. The number of aromatic carboxylic acids is 1. The fourth-order valence-electron chi connectivity index (χ4n) is 4.97. The van der Waals surface area contributed by atoms with Gasteiger partial charge in [-0.3, -0.25) is 0 Å². The summed E-state index contributed by atoms with van der Waals surface area (Å²) in [5.41, 5.74) is 4.90. The lowest BCUT2D eigenvalue weighted by Crippen LogP contribution is -2.22. The van der Waals surface area contributed by atoms with Gasteiger partial charge < -0.3 is 14.6 Å². The molecule has 0 radical (unpaired) electrons. The average molecular weight is 390 g/mol. The molecule has 0 unspecified atom stereocenters. The van der Waals surface area contributed by atoms with Crippen LogP contribution >= 0.6 is 0 Å². The normalized spacial score (nSPS) is 23.2. The van der Waals surface area contributed by atoms with Crippen molar-refractivity contribution in [2.24, 2.45) is 5.92 Å². The van der Waals surface area contributed by atoms with Gasteiger partial charge in [-0.15, -0.1) is 0 Å². The summed E-state index contributed by atoms with van der Waals surface area (Å²) in [5, 5.41) is 20.4. The second-order valence-corrected chi connectivity index (χ2v) is 8.62. The number of aromatic nitrogens is 2. The van der Waals surface area contributed by atoms with E-state index in [-0.39, 0.29) is 5.92 Å². The largest absolute Gasteiger partial charge is 0.478 e. The van der Waals surface area contributed by atoms with Crippen LogP contribution in [0.1, 0.15) is 83.6 Å². The number of benzene rings is 1. The van der Waals surface area contributed by atoms with E-state index in [1.165, 1.54) is 24.0 Å². The molecule has 3 aromatic rings. The lowest BCUT2D eigenvalue weighted by atomic mass is 9.75. The molecule has 5 rings (SSSR count). The van der Waals surface area contributed by atoms with Gasteiger partial charge in [0.25, 0.3) is 0 Å². The number of rotatable bonds is 5. The summed E-state index contributed by atoms with van der Waals surface area (Å²) in [6, 6.07) is 11.6. The molecule has 0 saturated heterocycles. The molecule has 5 heteroatoms. The van der Waals surface area contributed by atoms with Crippen LogP contribution in [0.25, 0.3) is 5.52 Å². The number of fused-ring (bicyclic) bond motifs is 1. The van der Waals surface area contributed by atoms with Gasteiger partial charge in [0.2, 0.25) is 0 Å². The summed E-state index contributed by atoms with van der Waals surface area (Å²) in [6.07, 6.45) is 9.61. The Bertz CT molecular complexity index is 1030. The minimum Gasteiger partial charge on any atom is -0.478 e. The smallest absolute Gasteiger partial charge is 0.335 e. The monoisotopic (exact) mass is 390 g/mol. The van der Waals surface area contributed by atoms with Gasteiger partial charge in [-0.2, -0.15) is 0 Å². The Morgan fingerprint density at radius 3 is 2.31 bits per heavy atom. The molecule has 0 bridgehead atoms. The number of aliphatic hydroxyl groups excluding tert-OH is 1. The summed E-state index contributed by atoms with van der Waals surface area (Å²) >= 11 is 0. The summed E-state index contributed by atoms with van der Waals surface area (Å²) in [6.45, 7) is 0. The average Bonchev–Trinajstić information content (AvgIpc) is 3.49. The third kappa shape index (κ3) is 3.44. The van der Waals surface area contributed by atoms with Gasteiger partial charge in [0.15, 0.2) is 0 Å². The summed E-state index contributed by atoms with van der Waals surface area (Å²) < 4.78 is 2.08. The number of hydrogen-bond donors (Lipinski definition) is 2. The Kier molecular flexibility index (Phi) is 4.63. The van der Waals surface area contributed by atoms with E-state index >= 15 is 0 Å². The van der Waals surface area contributed by atoms with Crippen LogP contribution in [0.5, 0.6) is 0 Å². The third-order valence-electron chi connectivity index (χ3n) is 6.80. The van der Waals surface area contributed by atoms with E-state index in [0.29, 0.717) is 17.4 Å². The van der Waals surface area contributed by atoms with Gasteiger partial charge in [-0.1, -0.05) is 18.2 Å². The molecule has 0 spiro atoms. The maximum atomic E-state index is 11.4. The number of carbonyl (C=O) groups is 1. The van der Waals surface area contributed by atoms with Crippen LogP contribution in [-0.4, -0.2) is 25.6 Å². The minimum absolute atomic E-state index is 0.245. The molecule has 29 heavy (non-hydrogen) atoms. The predicted octanol–water partition coefficient (Wildman–Crippen LogP) is 4.92. The molecule has 0 amide bonds. The van der Waals surface area contributed by atoms with Crippen LogP contribution in [0.3, 0.4) is 0 Å². The molecule has 2 N–H and O–H groups in total. The molecule has 2 heterocycles. The molecular formula is C24H26N2O3. The van der Waals surface area contributed by atoms with Crippen molar-refractivity contribution in [1.82, 2.24) is 9.38 Å². The van der Waals surface area contributed by atoms with Crippen molar-refractivity contribution in [2.75, 3.05) is 0 Å². The number of carboxylic acid groups (broad SMARTS) is 1. The van der Waals surface area contributed by atoms with E-state index in [4.69, 9.17) is 5.11 Å². The quantitative estimate of drug-likeness (QED) is 0.649. The second kappa shape index (κ2) is 7.30. The Morgan fingerprint density at radius 2 is 1.66 bits per heavy atom. The van der Waals surface area contributed by atoms with Gasteiger partial charge in [0.1, 0.15) is 0 Å². The van der Waals surface area contributed by atoms with E-state index in [0.717, 1.165) is 36.9 Å². The van der Waals surface area contributed by atoms with Crippen LogP contribution < -0.4 is 0 Å². The molecule has 2 aliphatic carbocycles. The Morgan fingerprint density at radius 1 is 0.966 bits per heavy atom. The van der Waals surface area contributed by atoms with Crippen molar-refractivity contribution in [3.63, 3.8) is 0 Å². The van der Waals surface area contributed by atoms with E-state index in [1.807, 2.05) is 24.7 Å². The fraction of sp³-hybridized carbons (Fsp3) is 0.417. The maximum Gasteiger partial charge on any atom is 0.335 e. The fourth-order valence-corrected chi connectivity index (χ4v) is 4.97. The first-order valence-electron chi connectivity index (χ1n) is 10.6. The van der Waals surface area contributed by atoms with E-state index in [1.54, 1.807) is 12.1 Å². The van der Waals surface area contributed by atoms with E-state index in [2.05, 4.69) is 21.5 Å². The number of hydrogen-bond acceptors (Lipinski definition) is 3. The van der Waals surface area contributed by atoms with Gasteiger partial charge in [-0.05, 0) is 85.6 Å². The lowest BCUT2D eigenvalue weighted by Gasteiger charge is -2.33. The number of pyridine rings is 1. The van der Waals surface area contributed by atoms with Crippen molar-refractivity contribution < 1.29 is 15.0 Å². The molecule has 5 nitrogen and oxygen atoms in total. The highest BCUT2D eigenvalue weighted by Crippen LogP contribution is 2.47.